The van der Waals surface area contributed by atoms with Crippen molar-refractivity contribution in [2.24, 2.45) is 5.16 Å². The molecule has 3 rings (SSSR count). The molecule has 0 saturated carbocycles. The molecule has 142 valence electrons. The summed E-state index contributed by atoms with van der Waals surface area (Å²) in [5, 5.41) is 6.90. The summed E-state index contributed by atoms with van der Waals surface area (Å²) < 4.78 is 10.4. The zero-order valence-electron chi connectivity index (χ0n) is 15.6. The van der Waals surface area contributed by atoms with E-state index in [1.807, 2.05) is 18.2 Å². The van der Waals surface area contributed by atoms with Gasteiger partial charge in [-0.3, -0.25) is 4.79 Å². The first-order valence-electron chi connectivity index (χ1n) is 8.96. The fourth-order valence-corrected chi connectivity index (χ4v) is 3.27. The van der Waals surface area contributed by atoms with Crippen molar-refractivity contribution in [2.45, 2.75) is 25.3 Å². The van der Waals surface area contributed by atoms with Crippen LogP contribution in [0.3, 0.4) is 0 Å². The lowest BCUT2D eigenvalue weighted by Gasteiger charge is -2.26. The van der Waals surface area contributed by atoms with Gasteiger partial charge in [0.1, 0.15) is 0 Å². The Bertz CT molecular complexity index is 820. The molecular formula is C21H24N2O4. The average molecular weight is 368 g/mol. The molecule has 0 bridgehead atoms. The molecule has 1 aliphatic rings. The van der Waals surface area contributed by atoms with Crippen LogP contribution in [0.25, 0.3) is 0 Å². The Labute approximate surface area is 159 Å². The van der Waals surface area contributed by atoms with Crippen molar-refractivity contribution in [2.75, 3.05) is 20.8 Å². The maximum atomic E-state index is 12.2. The third kappa shape index (κ3) is 4.78. The van der Waals surface area contributed by atoms with E-state index in [0.717, 1.165) is 24.8 Å². The molecule has 6 nitrogen and oxygen atoms in total. The van der Waals surface area contributed by atoms with Crippen LogP contribution < -0.4 is 14.8 Å². The second-order valence-electron chi connectivity index (χ2n) is 6.33. The van der Waals surface area contributed by atoms with E-state index in [4.69, 9.17) is 14.3 Å². The summed E-state index contributed by atoms with van der Waals surface area (Å²) in [6.07, 6.45) is 4.61. The van der Waals surface area contributed by atoms with Gasteiger partial charge in [0.25, 0.3) is 5.91 Å². The quantitative estimate of drug-likeness (QED) is 0.602. The fraction of sp³-hybridized carbons (Fsp3) is 0.333. The molecule has 0 saturated heterocycles. The molecule has 0 spiro atoms. The van der Waals surface area contributed by atoms with Crippen molar-refractivity contribution >= 4 is 12.1 Å². The van der Waals surface area contributed by atoms with E-state index < -0.39 is 0 Å². The highest BCUT2D eigenvalue weighted by Crippen LogP contribution is 2.29. The number of nitrogens with zero attached hydrogens (tertiary/aromatic N) is 1. The number of carbonyl (C=O) groups excluding carboxylic acids is 1. The predicted octanol–water partition coefficient (Wildman–Crippen LogP) is 3.25. The Kier molecular flexibility index (Phi) is 6.30. The summed E-state index contributed by atoms with van der Waals surface area (Å²) in [6, 6.07) is 13.7. The van der Waals surface area contributed by atoms with E-state index in [2.05, 4.69) is 22.6 Å². The van der Waals surface area contributed by atoms with Gasteiger partial charge in [0.15, 0.2) is 18.1 Å². The number of hydrogen-bond acceptors (Lipinski definition) is 5. The van der Waals surface area contributed by atoms with E-state index in [0.29, 0.717) is 11.5 Å². The SMILES string of the molecule is COc1ccc(/C=N\OCC(=O)N[C@@H]2CCCc3ccccc32)cc1OC. The van der Waals surface area contributed by atoms with Crippen molar-refractivity contribution < 1.29 is 19.1 Å². The summed E-state index contributed by atoms with van der Waals surface area (Å²) in [5.74, 6) is 1.07. The van der Waals surface area contributed by atoms with E-state index in [1.165, 1.54) is 17.3 Å². The van der Waals surface area contributed by atoms with Gasteiger partial charge in [-0.2, -0.15) is 0 Å². The van der Waals surface area contributed by atoms with Gasteiger partial charge in [-0.15, -0.1) is 0 Å². The lowest BCUT2D eigenvalue weighted by Crippen LogP contribution is -2.33. The van der Waals surface area contributed by atoms with E-state index in [9.17, 15) is 4.79 Å². The normalized spacial score (nSPS) is 15.9. The van der Waals surface area contributed by atoms with E-state index in [1.54, 1.807) is 26.4 Å². The molecule has 1 amide bonds. The molecule has 0 unspecified atom stereocenters. The summed E-state index contributed by atoms with van der Waals surface area (Å²) in [4.78, 5) is 17.3. The number of ether oxygens (including phenoxy) is 2. The summed E-state index contributed by atoms with van der Waals surface area (Å²) in [5.41, 5.74) is 3.29. The van der Waals surface area contributed by atoms with Crippen molar-refractivity contribution in [1.29, 1.82) is 0 Å². The topological polar surface area (TPSA) is 69.2 Å². The Morgan fingerprint density at radius 2 is 2.00 bits per heavy atom. The molecule has 1 aliphatic carbocycles. The summed E-state index contributed by atoms with van der Waals surface area (Å²) >= 11 is 0. The van der Waals surface area contributed by atoms with Gasteiger partial charge >= 0.3 is 0 Å². The van der Waals surface area contributed by atoms with Crippen LogP contribution in [0, 0.1) is 0 Å². The van der Waals surface area contributed by atoms with Gasteiger partial charge in [-0.25, -0.2) is 0 Å². The molecule has 27 heavy (non-hydrogen) atoms. The van der Waals surface area contributed by atoms with Crippen LogP contribution in [0.15, 0.2) is 47.6 Å². The van der Waals surface area contributed by atoms with Crippen molar-refractivity contribution in [1.82, 2.24) is 5.32 Å². The first-order valence-corrected chi connectivity index (χ1v) is 8.96. The Morgan fingerprint density at radius 1 is 1.19 bits per heavy atom. The minimum Gasteiger partial charge on any atom is -0.493 e. The summed E-state index contributed by atoms with van der Waals surface area (Å²) in [7, 11) is 3.15. The van der Waals surface area contributed by atoms with Gasteiger partial charge < -0.3 is 19.6 Å². The van der Waals surface area contributed by atoms with Crippen LogP contribution in [0.5, 0.6) is 11.5 Å². The number of benzene rings is 2. The predicted molar refractivity (Wildman–Crippen MR) is 103 cm³/mol. The highest BCUT2D eigenvalue weighted by Gasteiger charge is 2.21. The van der Waals surface area contributed by atoms with Crippen LogP contribution in [0.4, 0.5) is 0 Å². The molecule has 2 aromatic carbocycles. The largest absolute Gasteiger partial charge is 0.493 e. The monoisotopic (exact) mass is 368 g/mol. The van der Waals surface area contributed by atoms with Crippen LogP contribution in [0.1, 0.15) is 35.6 Å². The molecule has 2 aromatic rings. The van der Waals surface area contributed by atoms with E-state index >= 15 is 0 Å². The second-order valence-corrected chi connectivity index (χ2v) is 6.33. The smallest absolute Gasteiger partial charge is 0.261 e. The Balaban J connectivity index is 1.51. The lowest BCUT2D eigenvalue weighted by atomic mass is 9.88. The maximum Gasteiger partial charge on any atom is 0.261 e. The van der Waals surface area contributed by atoms with Gasteiger partial charge in [-0.05, 0) is 48.6 Å². The molecule has 0 aromatic heterocycles. The minimum absolute atomic E-state index is 0.0425. The van der Waals surface area contributed by atoms with Crippen molar-refractivity contribution in [3.05, 3.63) is 59.2 Å². The number of rotatable bonds is 7. The fourth-order valence-electron chi connectivity index (χ4n) is 3.27. The van der Waals surface area contributed by atoms with Gasteiger partial charge in [0.2, 0.25) is 0 Å². The number of carbonyl (C=O) groups is 1. The van der Waals surface area contributed by atoms with Crippen molar-refractivity contribution in [3.63, 3.8) is 0 Å². The van der Waals surface area contributed by atoms with Crippen LogP contribution in [0.2, 0.25) is 0 Å². The standard InChI is InChI=1S/C21H24N2O4/c1-25-19-11-10-15(12-20(19)26-2)13-22-27-14-21(24)23-18-9-5-7-16-6-3-4-8-17(16)18/h3-4,6,8,10-13,18H,5,7,9,14H2,1-2H3,(H,23,24)/b22-13-/t18-/m1/s1. The third-order valence-electron chi connectivity index (χ3n) is 4.58. The first kappa shape index (κ1) is 18.8. The van der Waals surface area contributed by atoms with Crippen LogP contribution in [-0.2, 0) is 16.1 Å². The minimum atomic E-state index is -0.179. The zero-order chi connectivity index (χ0) is 19.1. The number of fused-ring (bicyclic) bond motifs is 1. The molecule has 0 radical (unpaired) electrons. The van der Waals surface area contributed by atoms with Crippen LogP contribution >= 0.6 is 0 Å². The molecule has 6 heteroatoms. The molecule has 0 heterocycles. The number of oxime groups is 1. The first-order chi connectivity index (χ1) is 13.2. The third-order valence-corrected chi connectivity index (χ3v) is 4.58. The molecule has 1 atom stereocenters. The number of amides is 1. The van der Waals surface area contributed by atoms with Gasteiger partial charge in [-0.1, -0.05) is 29.4 Å². The van der Waals surface area contributed by atoms with E-state index in [-0.39, 0.29) is 18.6 Å². The molecule has 0 fully saturated rings. The van der Waals surface area contributed by atoms with Gasteiger partial charge in [0.05, 0.1) is 26.5 Å². The molecule has 0 aliphatic heterocycles. The number of hydrogen-bond donors (Lipinski definition) is 1. The highest BCUT2D eigenvalue weighted by atomic mass is 16.6. The average Bonchev–Trinajstić information content (AvgIpc) is 2.71. The maximum absolute atomic E-state index is 12.2. The lowest BCUT2D eigenvalue weighted by molar-refractivity contribution is -0.126. The number of nitrogens with one attached hydrogen (secondary N) is 1. The number of methoxy groups -OCH3 is 2. The molecular weight excluding hydrogens is 344 g/mol. The second kappa shape index (κ2) is 9.07. The van der Waals surface area contributed by atoms with Gasteiger partial charge in [0, 0.05) is 5.56 Å². The molecule has 1 N–H and O–H groups in total. The zero-order valence-corrected chi connectivity index (χ0v) is 15.6. The highest BCUT2D eigenvalue weighted by molar-refractivity contribution is 5.81. The summed E-state index contributed by atoms with van der Waals surface area (Å²) in [6.45, 7) is -0.123. The van der Waals surface area contributed by atoms with Crippen LogP contribution in [-0.4, -0.2) is 32.9 Å². The Morgan fingerprint density at radius 3 is 2.81 bits per heavy atom. The van der Waals surface area contributed by atoms with Crippen molar-refractivity contribution in [3.8, 4) is 11.5 Å². The Hall–Kier alpha value is -3.02. The number of aryl methyl sites for hydroxylation is 1.